The first-order chi connectivity index (χ1) is 16.1. The van der Waals surface area contributed by atoms with E-state index in [9.17, 15) is 27.6 Å². The van der Waals surface area contributed by atoms with Gasteiger partial charge in [0.05, 0.1) is 29.4 Å². The summed E-state index contributed by atoms with van der Waals surface area (Å²) in [7, 11) is 0. The van der Waals surface area contributed by atoms with Gasteiger partial charge in [-0.25, -0.2) is 4.98 Å². The lowest BCUT2D eigenvalue weighted by molar-refractivity contribution is -0.149. The number of para-hydroxylation sites is 1. The van der Waals surface area contributed by atoms with Crippen LogP contribution in [0.25, 0.3) is 10.9 Å². The third-order valence-corrected chi connectivity index (χ3v) is 5.25. The van der Waals surface area contributed by atoms with Crippen LogP contribution >= 0.6 is 0 Å². The molecular weight excluding hydrogens is 451 g/mol. The number of hydrogen-bond donors (Lipinski definition) is 0. The van der Waals surface area contributed by atoms with Crippen molar-refractivity contribution in [3.63, 3.8) is 0 Å². The molecule has 3 aromatic rings. The lowest BCUT2D eigenvalue weighted by Gasteiger charge is -2.22. The Bertz CT molecular complexity index is 1240. The molecule has 0 saturated heterocycles. The molecule has 0 unspecified atom stereocenters. The van der Waals surface area contributed by atoms with Crippen molar-refractivity contribution < 1.29 is 27.5 Å². The number of nitrogens with zero attached hydrogens (tertiary/aromatic N) is 3. The number of hydrogen-bond acceptors (Lipinski definition) is 5. The number of rotatable bonds is 8. The van der Waals surface area contributed by atoms with E-state index >= 15 is 0 Å². The number of esters is 1. The quantitative estimate of drug-likeness (QED) is 0.464. The minimum Gasteiger partial charge on any atom is -0.465 e. The highest BCUT2D eigenvalue weighted by molar-refractivity contribution is 5.82. The van der Waals surface area contributed by atoms with E-state index in [1.807, 2.05) is 13.0 Å². The molecule has 180 valence electrons. The fourth-order valence-electron chi connectivity index (χ4n) is 3.49. The summed E-state index contributed by atoms with van der Waals surface area (Å²) in [6, 6.07) is 9.62. The van der Waals surface area contributed by atoms with Gasteiger partial charge in [-0.15, -0.1) is 0 Å². The smallest absolute Gasteiger partial charge is 0.416 e. The van der Waals surface area contributed by atoms with Gasteiger partial charge in [-0.1, -0.05) is 24.3 Å². The maximum absolute atomic E-state index is 12.9. The number of aryl methyl sites for hydroxylation is 2. The Morgan fingerprint density at radius 3 is 2.47 bits per heavy atom. The van der Waals surface area contributed by atoms with Gasteiger partial charge in [0, 0.05) is 19.5 Å². The monoisotopic (exact) mass is 475 g/mol. The van der Waals surface area contributed by atoms with Crippen molar-refractivity contribution in [3.8, 4) is 0 Å². The Balaban J connectivity index is 1.76. The number of aromatic nitrogens is 2. The maximum Gasteiger partial charge on any atom is 0.416 e. The van der Waals surface area contributed by atoms with Crippen LogP contribution in [0.3, 0.4) is 0 Å². The number of carbonyl (C=O) groups excluding carboxylic acids is 2. The molecule has 0 aliphatic rings. The molecule has 1 aromatic heterocycles. The summed E-state index contributed by atoms with van der Waals surface area (Å²) >= 11 is 0. The number of fused-ring (bicyclic) bond motifs is 1. The van der Waals surface area contributed by atoms with Crippen LogP contribution in [-0.2, 0) is 33.6 Å². The Kier molecular flexibility index (Phi) is 7.70. The molecule has 0 aliphatic carbocycles. The Morgan fingerprint density at radius 2 is 1.82 bits per heavy atom. The van der Waals surface area contributed by atoms with Crippen molar-refractivity contribution in [1.82, 2.24) is 14.5 Å². The van der Waals surface area contributed by atoms with Crippen molar-refractivity contribution in [2.24, 2.45) is 0 Å². The predicted molar refractivity (Wildman–Crippen MR) is 119 cm³/mol. The normalized spacial score (nSPS) is 11.4. The first-order valence-electron chi connectivity index (χ1n) is 10.6. The number of carbonyl (C=O) groups is 2. The van der Waals surface area contributed by atoms with E-state index in [0.717, 1.165) is 17.7 Å². The summed E-state index contributed by atoms with van der Waals surface area (Å²) in [6.07, 6.45) is -3.21. The van der Waals surface area contributed by atoms with Crippen molar-refractivity contribution in [2.45, 2.75) is 39.5 Å². The molecule has 0 aliphatic heterocycles. The number of benzene rings is 2. The zero-order chi connectivity index (χ0) is 24.9. The second-order valence-corrected chi connectivity index (χ2v) is 7.71. The Hall–Kier alpha value is -3.69. The van der Waals surface area contributed by atoms with E-state index in [-0.39, 0.29) is 38.2 Å². The van der Waals surface area contributed by atoms with Gasteiger partial charge in [-0.2, -0.15) is 13.2 Å². The molecular formula is C24H24F3N3O4. The van der Waals surface area contributed by atoms with Crippen LogP contribution in [0.1, 0.15) is 30.0 Å². The molecule has 0 atom stereocenters. The molecule has 3 rings (SSSR count). The highest BCUT2D eigenvalue weighted by Gasteiger charge is 2.30. The van der Waals surface area contributed by atoms with Crippen molar-refractivity contribution in [3.05, 3.63) is 75.8 Å². The van der Waals surface area contributed by atoms with E-state index in [2.05, 4.69) is 4.98 Å². The number of halogens is 3. The predicted octanol–water partition coefficient (Wildman–Crippen LogP) is 3.71. The maximum atomic E-state index is 12.9. The molecule has 0 bridgehead atoms. The summed E-state index contributed by atoms with van der Waals surface area (Å²) < 4.78 is 44.7. The van der Waals surface area contributed by atoms with E-state index in [4.69, 9.17) is 4.74 Å². The molecule has 1 amide bonds. The zero-order valence-corrected chi connectivity index (χ0v) is 18.8. The molecule has 0 N–H and O–H groups in total. The first-order valence-corrected chi connectivity index (χ1v) is 10.6. The van der Waals surface area contributed by atoms with Crippen LogP contribution in [0.2, 0.25) is 0 Å². The third kappa shape index (κ3) is 6.00. The van der Waals surface area contributed by atoms with Gasteiger partial charge in [0.2, 0.25) is 5.91 Å². The average Bonchev–Trinajstić information content (AvgIpc) is 2.78. The van der Waals surface area contributed by atoms with Gasteiger partial charge >= 0.3 is 12.1 Å². The average molecular weight is 475 g/mol. The molecule has 34 heavy (non-hydrogen) atoms. The summed E-state index contributed by atoms with van der Waals surface area (Å²) in [5.74, 6) is -1.09. The highest BCUT2D eigenvalue weighted by Crippen LogP contribution is 2.29. The fraction of sp³-hybridized carbons (Fsp3) is 0.333. The number of ether oxygens (including phenoxy) is 1. The number of amides is 1. The van der Waals surface area contributed by atoms with E-state index in [0.29, 0.717) is 16.5 Å². The summed E-state index contributed by atoms with van der Waals surface area (Å²) in [5.41, 5.74) is 0.765. The Morgan fingerprint density at radius 1 is 1.12 bits per heavy atom. The van der Waals surface area contributed by atoms with Crippen molar-refractivity contribution in [2.75, 3.05) is 13.2 Å². The topological polar surface area (TPSA) is 81.5 Å². The number of alkyl halides is 3. The van der Waals surface area contributed by atoms with Gasteiger partial charge < -0.3 is 9.64 Å². The summed E-state index contributed by atoms with van der Waals surface area (Å²) in [5, 5.41) is 0.433. The summed E-state index contributed by atoms with van der Waals surface area (Å²) in [4.78, 5) is 43.2. The minimum atomic E-state index is -4.47. The Labute approximate surface area is 193 Å². The second kappa shape index (κ2) is 10.5. The van der Waals surface area contributed by atoms with E-state index in [1.54, 1.807) is 19.1 Å². The van der Waals surface area contributed by atoms with Crippen LogP contribution < -0.4 is 5.56 Å². The van der Waals surface area contributed by atoms with Crippen LogP contribution in [0.5, 0.6) is 0 Å². The molecule has 0 fully saturated rings. The standard InChI is InChI=1S/C24H24F3N3O4/c1-3-34-21(32)14-30(13-17-7-9-18(10-8-17)24(25,26)27)20(31)11-12-29-15-28-22-16(2)5-4-6-19(22)23(29)33/h4-10,15H,3,11-14H2,1-2H3. The minimum absolute atomic E-state index is 0.0287. The molecule has 0 spiro atoms. The molecule has 1 heterocycles. The van der Waals surface area contributed by atoms with Gasteiger partial charge in [0.25, 0.3) is 5.56 Å². The second-order valence-electron chi connectivity index (χ2n) is 7.71. The largest absolute Gasteiger partial charge is 0.465 e. The van der Waals surface area contributed by atoms with Crippen molar-refractivity contribution >= 4 is 22.8 Å². The first kappa shape index (κ1) is 24.9. The van der Waals surface area contributed by atoms with Gasteiger partial charge in [0.1, 0.15) is 6.54 Å². The highest BCUT2D eigenvalue weighted by atomic mass is 19.4. The van der Waals surface area contributed by atoms with Gasteiger partial charge in [0.15, 0.2) is 0 Å². The van der Waals surface area contributed by atoms with E-state index in [1.165, 1.54) is 27.9 Å². The third-order valence-electron chi connectivity index (χ3n) is 5.25. The van der Waals surface area contributed by atoms with Crippen LogP contribution in [0.4, 0.5) is 13.2 Å². The fourth-order valence-corrected chi connectivity index (χ4v) is 3.49. The molecule has 10 heteroatoms. The SMILES string of the molecule is CCOC(=O)CN(Cc1ccc(C(F)(F)F)cc1)C(=O)CCn1cnc2c(C)cccc2c1=O. The molecule has 0 saturated carbocycles. The lowest BCUT2D eigenvalue weighted by atomic mass is 10.1. The van der Waals surface area contributed by atoms with Crippen molar-refractivity contribution in [1.29, 1.82) is 0 Å². The van der Waals surface area contributed by atoms with Gasteiger partial charge in [-0.3, -0.25) is 19.0 Å². The van der Waals surface area contributed by atoms with Crippen LogP contribution in [0, 0.1) is 6.92 Å². The zero-order valence-electron chi connectivity index (χ0n) is 18.8. The van der Waals surface area contributed by atoms with Gasteiger partial charge in [-0.05, 0) is 43.2 Å². The lowest BCUT2D eigenvalue weighted by Crippen LogP contribution is -2.37. The molecule has 7 nitrogen and oxygen atoms in total. The molecule has 0 radical (unpaired) electrons. The van der Waals surface area contributed by atoms with Crippen LogP contribution in [0.15, 0.2) is 53.6 Å². The van der Waals surface area contributed by atoms with E-state index < -0.39 is 23.6 Å². The summed E-state index contributed by atoms with van der Waals surface area (Å²) in [6.45, 7) is 3.18. The van der Waals surface area contributed by atoms with Crippen LogP contribution in [-0.4, -0.2) is 39.5 Å². The molecule has 2 aromatic carbocycles.